The number of amides is 3. The van der Waals surface area contributed by atoms with Gasteiger partial charge in [-0.15, -0.1) is 0 Å². The first-order chi connectivity index (χ1) is 9.60. The van der Waals surface area contributed by atoms with E-state index in [4.69, 9.17) is 22.1 Å². The number of benzene rings is 1. The Morgan fingerprint density at radius 3 is 2.70 bits per heavy atom. The lowest BCUT2D eigenvalue weighted by atomic mass is 10.2. The molecule has 1 rings (SSSR count). The van der Waals surface area contributed by atoms with Gasteiger partial charge in [-0.05, 0) is 18.6 Å². The average molecular weight is 300 g/mol. The fourth-order valence-electron chi connectivity index (χ4n) is 1.51. The maximum absolute atomic E-state index is 11.9. The van der Waals surface area contributed by atoms with Crippen LogP contribution in [-0.2, 0) is 11.3 Å². The van der Waals surface area contributed by atoms with Crippen LogP contribution in [0.4, 0.5) is 9.59 Å². The molecule has 3 amide bonds. The number of imide groups is 1. The summed E-state index contributed by atoms with van der Waals surface area (Å²) >= 11 is 5.98. The lowest BCUT2D eigenvalue weighted by molar-refractivity contribution is 0.115. The standard InChI is InChI=1S/C13H18ClN3O3/c1-2-20-13(19)17(8-7-15)12(18)16-9-10-5-3-4-6-11(10)14/h3-6H,2,7-9,15H2,1H3,(H,16,18). The topological polar surface area (TPSA) is 84.7 Å². The van der Waals surface area contributed by atoms with Crippen LogP contribution in [0.1, 0.15) is 12.5 Å². The van der Waals surface area contributed by atoms with E-state index in [2.05, 4.69) is 5.32 Å². The predicted octanol–water partition coefficient (Wildman–Crippen LogP) is 1.97. The number of halogens is 1. The van der Waals surface area contributed by atoms with Crippen molar-refractivity contribution in [1.29, 1.82) is 0 Å². The van der Waals surface area contributed by atoms with Gasteiger partial charge in [0.2, 0.25) is 0 Å². The van der Waals surface area contributed by atoms with Crippen LogP contribution < -0.4 is 11.1 Å². The zero-order valence-electron chi connectivity index (χ0n) is 11.3. The molecule has 3 N–H and O–H groups in total. The van der Waals surface area contributed by atoms with Gasteiger partial charge in [-0.25, -0.2) is 14.5 Å². The molecule has 0 bridgehead atoms. The Kier molecular flexibility index (Phi) is 6.83. The number of nitrogens with two attached hydrogens (primary N) is 1. The molecule has 0 atom stereocenters. The zero-order chi connectivity index (χ0) is 15.0. The van der Waals surface area contributed by atoms with Crippen molar-refractivity contribution in [1.82, 2.24) is 10.2 Å². The van der Waals surface area contributed by atoms with Gasteiger partial charge in [0, 0.05) is 24.7 Å². The van der Waals surface area contributed by atoms with E-state index in [0.29, 0.717) is 5.02 Å². The molecule has 110 valence electrons. The average Bonchev–Trinajstić information content (AvgIpc) is 2.43. The summed E-state index contributed by atoms with van der Waals surface area (Å²) in [5.74, 6) is 0. The molecule has 1 aromatic rings. The molecule has 0 aromatic heterocycles. The van der Waals surface area contributed by atoms with E-state index in [0.717, 1.165) is 10.5 Å². The summed E-state index contributed by atoms with van der Waals surface area (Å²) in [4.78, 5) is 24.5. The van der Waals surface area contributed by atoms with Crippen molar-refractivity contribution >= 4 is 23.7 Å². The molecule has 0 radical (unpaired) electrons. The number of hydrogen-bond acceptors (Lipinski definition) is 4. The summed E-state index contributed by atoms with van der Waals surface area (Å²) in [7, 11) is 0. The maximum atomic E-state index is 11.9. The number of ether oxygens (including phenoxy) is 1. The first kappa shape index (κ1) is 16.3. The van der Waals surface area contributed by atoms with Gasteiger partial charge in [0.15, 0.2) is 0 Å². The van der Waals surface area contributed by atoms with Crippen molar-refractivity contribution in [2.75, 3.05) is 19.7 Å². The molecule has 6 nitrogen and oxygen atoms in total. The maximum Gasteiger partial charge on any atom is 0.418 e. The van der Waals surface area contributed by atoms with E-state index >= 15 is 0 Å². The fraction of sp³-hybridized carbons (Fsp3) is 0.385. The molecule has 0 aliphatic heterocycles. The number of nitrogens with one attached hydrogen (secondary N) is 1. The zero-order valence-corrected chi connectivity index (χ0v) is 12.0. The summed E-state index contributed by atoms with van der Waals surface area (Å²) in [5, 5.41) is 3.16. The van der Waals surface area contributed by atoms with E-state index in [1.54, 1.807) is 25.1 Å². The summed E-state index contributed by atoms with van der Waals surface area (Å²) in [6, 6.07) is 6.57. The first-order valence-electron chi connectivity index (χ1n) is 6.25. The molecule has 0 spiro atoms. The van der Waals surface area contributed by atoms with Gasteiger partial charge in [0.25, 0.3) is 0 Å². The Hall–Kier alpha value is -1.79. The molecule has 7 heteroatoms. The normalized spacial score (nSPS) is 9.95. The van der Waals surface area contributed by atoms with Crippen molar-refractivity contribution in [3.63, 3.8) is 0 Å². The Morgan fingerprint density at radius 2 is 2.10 bits per heavy atom. The van der Waals surface area contributed by atoms with Crippen molar-refractivity contribution in [3.05, 3.63) is 34.9 Å². The second-order valence-corrected chi connectivity index (χ2v) is 4.30. The van der Waals surface area contributed by atoms with Crippen LogP contribution in [-0.4, -0.2) is 36.7 Å². The van der Waals surface area contributed by atoms with E-state index in [1.807, 2.05) is 6.07 Å². The molecule has 0 heterocycles. The van der Waals surface area contributed by atoms with Crippen molar-refractivity contribution in [3.8, 4) is 0 Å². The lowest BCUT2D eigenvalue weighted by Gasteiger charge is -2.19. The second kappa shape index (κ2) is 8.39. The third kappa shape index (κ3) is 4.71. The van der Waals surface area contributed by atoms with Gasteiger partial charge in [-0.1, -0.05) is 29.8 Å². The summed E-state index contributed by atoms with van der Waals surface area (Å²) in [6.45, 7) is 2.34. The molecule has 0 saturated heterocycles. The Bertz CT molecular complexity index is 468. The first-order valence-corrected chi connectivity index (χ1v) is 6.63. The Balaban J connectivity index is 2.62. The molecular weight excluding hydrogens is 282 g/mol. The van der Waals surface area contributed by atoms with Gasteiger partial charge in [0.1, 0.15) is 0 Å². The quantitative estimate of drug-likeness (QED) is 0.870. The minimum Gasteiger partial charge on any atom is -0.449 e. The van der Waals surface area contributed by atoms with Crippen LogP contribution in [0.3, 0.4) is 0 Å². The summed E-state index contributed by atoms with van der Waals surface area (Å²) < 4.78 is 4.80. The number of rotatable bonds is 5. The van der Waals surface area contributed by atoms with Gasteiger partial charge in [-0.2, -0.15) is 0 Å². The summed E-state index contributed by atoms with van der Waals surface area (Å²) in [6.07, 6.45) is -0.713. The van der Waals surface area contributed by atoms with Crippen LogP contribution in [0.25, 0.3) is 0 Å². The highest BCUT2D eigenvalue weighted by atomic mass is 35.5. The summed E-state index contributed by atoms with van der Waals surface area (Å²) in [5.41, 5.74) is 6.15. The Morgan fingerprint density at radius 1 is 1.40 bits per heavy atom. The highest BCUT2D eigenvalue weighted by molar-refractivity contribution is 6.31. The van der Waals surface area contributed by atoms with E-state index in [1.165, 1.54) is 0 Å². The van der Waals surface area contributed by atoms with Crippen LogP contribution in [0.2, 0.25) is 5.02 Å². The smallest absolute Gasteiger partial charge is 0.418 e. The molecule has 1 aromatic carbocycles. The van der Waals surface area contributed by atoms with Gasteiger partial charge in [-0.3, -0.25) is 0 Å². The van der Waals surface area contributed by atoms with Crippen molar-refractivity contribution < 1.29 is 14.3 Å². The van der Waals surface area contributed by atoms with Crippen LogP contribution >= 0.6 is 11.6 Å². The number of carbonyl (C=O) groups excluding carboxylic acids is 2. The molecule has 20 heavy (non-hydrogen) atoms. The third-order valence-corrected chi connectivity index (χ3v) is 2.84. The highest BCUT2D eigenvalue weighted by Gasteiger charge is 2.21. The molecule has 0 saturated carbocycles. The van der Waals surface area contributed by atoms with Gasteiger partial charge < -0.3 is 15.8 Å². The second-order valence-electron chi connectivity index (χ2n) is 3.89. The number of nitrogens with zero attached hydrogens (tertiary/aromatic N) is 1. The van der Waals surface area contributed by atoms with E-state index in [-0.39, 0.29) is 26.2 Å². The van der Waals surface area contributed by atoms with Crippen LogP contribution in [0.5, 0.6) is 0 Å². The molecule has 0 fully saturated rings. The number of hydrogen-bond donors (Lipinski definition) is 2. The fourth-order valence-corrected chi connectivity index (χ4v) is 1.72. The monoisotopic (exact) mass is 299 g/mol. The Labute approximate surface area is 122 Å². The number of carbonyl (C=O) groups is 2. The lowest BCUT2D eigenvalue weighted by Crippen LogP contribution is -2.46. The highest BCUT2D eigenvalue weighted by Crippen LogP contribution is 2.14. The third-order valence-electron chi connectivity index (χ3n) is 2.47. The van der Waals surface area contributed by atoms with Crippen molar-refractivity contribution in [2.24, 2.45) is 5.73 Å². The van der Waals surface area contributed by atoms with E-state index < -0.39 is 12.1 Å². The van der Waals surface area contributed by atoms with Crippen LogP contribution in [0.15, 0.2) is 24.3 Å². The van der Waals surface area contributed by atoms with Gasteiger partial charge >= 0.3 is 12.1 Å². The van der Waals surface area contributed by atoms with Crippen LogP contribution in [0, 0.1) is 0 Å². The minimum absolute atomic E-state index is 0.0905. The molecule has 0 aliphatic carbocycles. The molecular formula is C13H18ClN3O3. The molecule has 0 unspecified atom stereocenters. The number of urea groups is 1. The van der Waals surface area contributed by atoms with E-state index in [9.17, 15) is 9.59 Å². The predicted molar refractivity (Wildman–Crippen MR) is 76.5 cm³/mol. The van der Waals surface area contributed by atoms with Gasteiger partial charge in [0.05, 0.1) is 6.61 Å². The van der Waals surface area contributed by atoms with Crippen molar-refractivity contribution in [2.45, 2.75) is 13.5 Å². The SMILES string of the molecule is CCOC(=O)N(CCN)C(=O)NCc1ccccc1Cl. The molecule has 0 aliphatic rings. The largest absolute Gasteiger partial charge is 0.449 e. The minimum atomic E-state index is -0.713.